The second-order valence-electron chi connectivity index (χ2n) is 5.19. The Kier molecular flexibility index (Phi) is 9.33. The summed E-state index contributed by atoms with van der Waals surface area (Å²) in [5.41, 5.74) is -2.10. The highest BCUT2D eigenvalue weighted by molar-refractivity contribution is 5.71. The molecule has 0 spiro atoms. The molecule has 0 aromatic carbocycles. The van der Waals surface area contributed by atoms with Gasteiger partial charge in [-0.3, -0.25) is 9.59 Å². The van der Waals surface area contributed by atoms with Gasteiger partial charge in [0.25, 0.3) is 0 Å². The van der Waals surface area contributed by atoms with E-state index < -0.39 is 17.2 Å². The summed E-state index contributed by atoms with van der Waals surface area (Å²) in [5.74, 6) is -1.36. The van der Waals surface area contributed by atoms with Crippen LogP contribution in [0.25, 0.3) is 0 Å². The lowest BCUT2D eigenvalue weighted by molar-refractivity contribution is -0.158. The topological polar surface area (TPSA) is 156 Å². The van der Waals surface area contributed by atoms with Gasteiger partial charge in [-0.15, -0.1) is 0 Å². The highest BCUT2D eigenvalue weighted by Gasteiger charge is 2.29. The first-order valence-electron chi connectivity index (χ1n) is 6.01. The molecule has 1 fully saturated rings. The molecule has 2 atom stereocenters. The Morgan fingerprint density at radius 1 is 1.50 bits per heavy atom. The summed E-state index contributed by atoms with van der Waals surface area (Å²) >= 11 is 0. The van der Waals surface area contributed by atoms with Crippen LogP contribution < -0.4 is 0 Å². The molecule has 0 aliphatic carbocycles. The molecular formula is C12H24O8. The first kappa shape index (κ1) is 21.1. The Labute approximate surface area is 117 Å². The number of aliphatic hydroxyl groups excluding tert-OH is 1. The SMILES string of the molecule is C[C@@](O)(CCO)CC(=O)O.C[C@@]1(O)CCOC(=O)C1.O. The summed E-state index contributed by atoms with van der Waals surface area (Å²) in [4.78, 5) is 20.5. The zero-order valence-corrected chi connectivity index (χ0v) is 11.8. The molecule has 0 radical (unpaired) electrons. The fourth-order valence-corrected chi connectivity index (χ4v) is 1.49. The van der Waals surface area contributed by atoms with E-state index in [0.717, 1.165) is 0 Å². The zero-order valence-electron chi connectivity index (χ0n) is 11.8. The van der Waals surface area contributed by atoms with Crippen LogP contribution in [0.4, 0.5) is 0 Å². The summed E-state index contributed by atoms with van der Waals surface area (Å²) in [6.45, 7) is 3.19. The summed E-state index contributed by atoms with van der Waals surface area (Å²) < 4.78 is 4.61. The number of carbonyl (C=O) groups excluding carboxylic acids is 1. The van der Waals surface area contributed by atoms with Gasteiger partial charge in [-0.05, 0) is 20.3 Å². The summed E-state index contributed by atoms with van der Waals surface area (Å²) in [7, 11) is 0. The number of cyclic esters (lactones) is 1. The molecule has 0 aromatic heterocycles. The molecule has 1 heterocycles. The monoisotopic (exact) mass is 296 g/mol. The maximum absolute atomic E-state index is 10.5. The van der Waals surface area contributed by atoms with Crippen molar-refractivity contribution in [2.75, 3.05) is 13.2 Å². The highest BCUT2D eigenvalue weighted by atomic mass is 16.5. The summed E-state index contributed by atoms with van der Waals surface area (Å²) in [6, 6.07) is 0. The van der Waals surface area contributed by atoms with Crippen molar-refractivity contribution >= 4 is 11.9 Å². The van der Waals surface area contributed by atoms with E-state index in [9.17, 15) is 14.7 Å². The number of aliphatic hydroxyl groups is 3. The van der Waals surface area contributed by atoms with Gasteiger partial charge in [0.05, 0.1) is 30.7 Å². The third kappa shape index (κ3) is 10.7. The van der Waals surface area contributed by atoms with Crippen LogP contribution in [0.1, 0.15) is 39.5 Å². The Balaban J connectivity index is 0. The highest BCUT2D eigenvalue weighted by Crippen LogP contribution is 2.19. The molecule has 1 rings (SSSR count). The molecule has 120 valence electrons. The normalized spacial score (nSPS) is 24.4. The van der Waals surface area contributed by atoms with Crippen LogP contribution in [0.5, 0.6) is 0 Å². The minimum Gasteiger partial charge on any atom is -0.481 e. The molecule has 1 saturated heterocycles. The van der Waals surface area contributed by atoms with Gasteiger partial charge in [0.15, 0.2) is 0 Å². The Bertz CT molecular complexity index is 311. The van der Waals surface area contributed by atoms with Crippen molar-refractivity contribution in [2.24, 2.45) is 0 Å². The average Bonchev–Trinajstić information content (AvgIpc) is 2.13. The van der Waals surface area contributed by atoms with Crippen molar-refractivity contribution in [1.82, 2.24) is 0 Å². The molecule has 6 N–H and O–H groups in total. The third-order valence-corrected chi connectivity index (χ3v) is 2.61. The number of aliphatic carboxylic acids is 1. The number of hydrogen-bond donors (Lipinski definition) is 4. The predicted molar refractivity (Wildman–Crippen MR) is 69.0 cm³/mol. The minimum absolute atomic E-state index is 0. The molecule has 20 heavy (non-hydrogen) atoms. The molecule has 0 unspecified atom stereocenters. The molecule has 0 aromatic rings. The van der Waals surface area contributed by atoms with Gasteiger partial charge >= 0.3 is 11.9 Å². The maximum atomic E-state index is 10.5. The van der Waals surface area contributed by atoms with Gasteiger partial charge in [-0.25, -0.2) is 0 Å². The molecule has 1 aliphatic heterocycles. The fourth-order valence-electron chi connectivity index (χ4n) is 1.49. The van der Waals surface area contributed by atoms with Gasteiger partial charge < -0.3 is 30.6 Å². The van der Waals surface area contributed by atoms with E-state index in [2.05, 4.69) is 4.74 Å². The molecule has 8 nitrogen and oxygen atoms in total. The van der Waals surface area contributed by atoms with Crippen molar-refractivity contribution in [3.63, 3.8) is 0 Å². The zero-order chi connectivity index (χ0) is 15.1. The summed E-state index contributed by atoms with van der Waals surface area (Å²) in [6.07, 6.45) is 0.457. The quantitative estimate of drug-likeness (QED) is 0.477. The number of carbonyl (C=O) groups is 2. The second-order valence-corrected chi connectivity index (χ2v) is 5.19. The number of esters is 1. The number of hydrogen-bond acceptors (Lipinski definition) is 6. The summed E-state index contributed by atoms with van der Waals surface area (Å²) in [5, 5.41) is 35.0. The second kappa shape index (κ2) is 8.85. The van der Waals surface area contributed by atoms with Crippen LogP contribution in [0, 0.1) is 0 Å². The van der Waals surface area contributed by atoms with Crippen LogP contribution in [0.15, 0.2) is 0 Å². The van der Waals surface area contributed by atoms with Crippen molar-refractivity contribution in [2.45, 2.75) is 50.7 Å². The van der Waals surface area contributed by atoms with Crippen molar-refractivity contribution in [1.29, 1.82) is 0 Å². The van der Waals surface area contributed by atoms with Crippen LogP contribution >= 0.6 is 0 Å². The molecule has 0 amide bonds. The molecule has 0 bridgehead atoms. The van der Waals surface area contributed by atoms with Gasteiger partial charge in [-0.2, -0.15) is 0 Å². The van der Waals surface area contributed by atoms with Gasteiger partial charge in [-0.1, -0.05) is 0 Å². The van der Waals surface area contributed by atoms with Gasteiger partial charge in [0.2, 0.25) is 0 Å². The van der Waals surface area contributed by atoms with E-state index in [-0.39, 0.29) is 37.3 Å². The third-order valence-electron chi connectivity index (χ3n) is 2.61. The van der Waals surface area contributed by atoms with E-state index in [0.29, 0.717) is 13.0 Å². The van der Waals surface area contributed by atoms with Crippen molar-refractivity contribution in [3.05, 3.63) is 0 Å². The maximum Gasteiger partial charge on any atom is 0.308 e. The van der Waals surface area contributed by atoms with Crippen LogP contribution in [-0.4, -0.2) is 62.3 Å². The van der Waals surface area contributed by atoms with E-state index >= 15 is 0 Å². The van der Waals surface area contributed by atoms with E-state index in [1.165, 1.54) is 6.92 Å². The molecular weight excluding hydrogens is 272 g/mol. The standard InChI is InChI=1S/C6H12O4.C6H10O3.H2O/c1-6(10,2-3-7)4-5(8)9;1-6(8)2-3-9-5(7)4-6;/h7,10H,2-4H2,1H3,(H,8,9);8H,2-4H2,1H3;1H2/t2*6-;/m11./s1. The van der Waals surface area contributed by atoms with Gasteiger partial charge in [0.1, 0.15) is 0 Å². The molecule has 0 saturated carbocycles. The van der Waals surface area contributed by atoms with Crippen LogP contribution in [-0.2, 0) is 14.3 Å². The Morgan fingerprint density at radius 3 is 2.35 bits per heavy atom. The van der Waals surface area contributed by atoms with Crippen molar-refractivity contribution in [3.8, 4) is 0 Å². The van der Waals surface area contributed by atoms with E-state index in [4.69, 9.17) is 15.3 Å². The fraction of sp³-hybridized carbons (Fsp3) is 0.833. The first-order valence-corrected chi connectivity index (χ1v) is 6.01. The van der Waals surface area contributed by atoms with Gasteiger partial charge in [0, 0.05) is 13.0 Å². The van der Waals surface area contributed by atoms with E-state index in [1.54, 1.807) is 6.92 Å². The first-order chi connectivity index (χ1) is 8.58. The van der Waals surface area contributed by atoms with Crippen molar-refractivity contribution < 1.29 is 40.2 Å². The lowest BCUT2D eigenvalue weighted by Crippen LogP contribution is -2.35. The van der Waals surface area contributed by atoms with Crippen LogP contribution in [0.2, 0.25) is 0 Å². The number of rotatable bonds is 4. The number of carboxylic acids is 1. The average molecular weight is 296 g/mol. The smallest absolute Gasteiger partial charge is 0.308 e. The lowest BCUT2D eigenvalue weighted by atomic mass is 9.97. The largest absolute Gasteiger partial charge is 0.481 e. The van der Waals surface area contributed by atoms with Crippen LogP contribution in [0.3, 0.4) is 0 Å². The molecule has 1 aliphatic rings. The minimum atomic E-state index is -1.28. The lowest BCUT2D eigenvalue weighted by Gasteiger charge is -2.26. The Hall–Kier alpha value is -1.22. The Morgan fingerprint density at radius 2 is 2.05 bits per heavy atom. The van der Waals surface area contributed by atoms with E-state index in [1.807, 2.05) is 0 Å². The predicted octanol–water partition coefficient (Wildman–Crippen LogP) is -1.16. The number of carboxylic acid groups (broad SMARTS) is 1. The number of ether oxygens (including phenoxy) is 1. The molecule has 8 heteroatoms.